The number of hydrogen-bond acceptors (Lipinski definition) is 7. The third kappa shape index (κ3) is 7.13. The molecule has 1 atom stereocenters. The van der Waals surface area contributed by atoms with E-state index in [0.717, 1.165) is 4.88 Å². The summed E-state index contributed by atoms with van der Waals surface area (Å²) in [5.74, 6) is 0.825. The monoisotopic (exact) mass is 393 g/mol. The van der Waals surface area contributed by atoms with Crippen molar-refractivity contribution in [2.45, 2.75) is 59.4 Å². The minimum atomic E-state index is -0.295. The molecule has 0 aliphatic rings. The second-order valence-corrected chi connectivity index (χ2v) is 8.10. The predicted octanol–water partition coefficient (Wildman–Crippen LogP) is 3.52. The molecule has 7 nitrogen and oxygen atoms in total. The molecule has 0 aromatic carbocycles. The highest BCUT2D eigenvalue weighted by atomic mass is 32.1. The Balaban J connectivity index is 1.86. The van der Waals surface area contributed by atoms with Gasteiger partial charge < -0.3 is 14.5 Å². The van der Waals surface area contributed by atoms with Gasteiger partial charge in [0, 0.05) is 23.8 Å². The largest absolute Gasteiger partial charge is 0.466 e. The quantitative estimate of drug-likeness (QED) is 0.621. The van der Waals surface area contributed by atoms with E-state index in [1.807, 2.05) is 19.1 Å². The summed E-state index contributed by atoms with van der Waals surface area (Å²) in [5.41, 5.74) is 0. The minimum Gasteiger partial charge on any atom is -0.466 e. The molecule has 0 saturated carbocycles. The maximum Gasteiger partial charge on any atom is 0.307 e. The van der Waals surface area contributed by atoms with E-state index in [2.05, 4.69) is 29.4 Å². The van der Waals surface area contributed by atoms with Crippen LogP contribution in [0.3, 0.4) is 0 Å². The summed E-state index contributed by atoms with van der Waals surface area (Å²) in [5, 5.41) is 11.0. The number of carbonyl (C=O) groups is 2. The molecule has 2 aromatic rings. The van der Waals surface area contributed by atoms with Crippen LogP contribution in [-0.4, -0.2) is 34.7 Å². The second kappa shape index (κ2) is 10.2. The zero-order chi connectivity index (χ0) is 19.8. The first-order chi connectivity index (χ1) is 12.9. The normalized spacial score (nSPS) is 12.2. The Bertz CT molecular complexity index is 754. The summed E-state index contributed by atoms with van der Waals surface area (Å²) >= 11 is 1.58. The van der Waals surface area contributed by atoms with Crippen LogP contribution >= 0.6 is 11.3 Å². The third-order valence-corrected chi connectivity index (χ3v) is 4.81. The van der Waals surface area contributed by atoms with Gasteiger partial charge in [0.05, 0.1) is 17.9 Å². The third-order valence-electron chi connectivity index (χ3n) is 3.82. The van der Waals surface area contributed by atoms with Crippen molar-refractivity contribution in [1.82, 2.24) is 15.5 Å². The summed E-state index contributed by atoms with van der Waals surface area (Å²) in [7, 11) is 0. The van der Waals surface area contributed by atoms with Crippen molar-refractivity contribution in [1.29, 1.82) is 0 Å². The average molecular weight is 394 g/mol. The second-order valence-electron chi connectivity index (χ2n) is 6.81. The number of aromatic nitrogens is 2. The van der Waals surface area contributed by atoms with Gasteiger partial charge in [0.25, 0.3) is 5.89 Å². The average Bonchev–Trinajstić information content (AvgIpc) is 3.21. The number of amides is 1. The molecule has 0 bridgehead atoms. The number of rotatable bonds is 10. The molecule has 1 unspecified atom stereocenters. The molecule has 2 aromatic heterocycles. The topological polar surface area (TPSA) is 94.3 Å². The molecule has 0 spiro atoms. The summed E-state index contributed by atoms with van der Waals surface area (Å²) in [6.45, 7) is 8.22. The fourth-order valence-electron chi connectivity index (χ4n) is 2.71. The van der Waals surface area contributed by atoms with Crippen LogP contribution in [0.4, 0.5) is 0 Å². The molecule has 0 aliphatic carbocycles. The fraction of sp³-hybridized carbons (Fsp3) is 0.579. The van der Waals surface area contributed by atoms with E-state index < -0.39 is 0 Å². The van der Waals surface area contributed by atoms with E-state index in [1.54, 1.807) is 18.3 Å². The number of ether oxygens (including phenoxy) is 1. The molecule has 1 amide bonds. The zero-order valence-electron chi connectivity index (χ0n) is 16.3. The molecule has 0 fully saturated rings. The Kier molecular flexibility index (Phi) is 7.97. The van der Waals surface area contributed by atoms with Crippen molar-refractivity contribution in [3.63, 3.8) is 0 Å². The number of nitrogens with zero attached hydrogens (tertiary/aromatic N) is 2. The number of aryl methyl sites for hydroxylation is 2. The number of thiophene rings is 1. The maximum absolute atomic E-state index is 12.3. The molecule has 0 saturated heterocycles. The molecule has 2 rings (SSSR count). The van der Waals surface area contributed by atoms with E-state index in [0.29, 0.717) is 37.1 Å². The van der Waals surface area contributed by atoms with Crippen molar-refractivity contribution in [3.05, 3.63) is 22.9 Å². The van der Waals surface area contributed by atoms with Crippen LogP contribution in [0.25, 0.3) is 10.8 Å². The highest BCUT2D eigenvalue weighted by Crippen LogP contribution is 2.26. The van der Waals surface area contributed by atoms with Crippen LogP contribution in [0.15, 0.2) is 16.5 Å². The molecule has 27 heavy (non-hydrogen) atoms. The van der Waals surface area contributed by atoms with E-state index in [9.17, 15) is 9.59 Å². The first-order valence-corrected chi connectivity index (χ1v) is 10.0. The van der Waals surface area contributed by atoms with Gasteiger partial charge in [0.1, 0.15) is 0 Å². The lowest BCUT2D eigenvalue weighted by molar-refractivity contribution is -0.143. The standard InChI is InChI=1S/C19H27N3O4S/c1-5-25-18(24)11-14(10-12(2)3)20-16(23)8-9-17-21-22-19(26-17)15-7-6-13(4)27-15/h6-7,12,14H,5,8-11H2,1-4H3,(H,20,23). The first kappa shape index (κ1) is 21.1. The molecule has 0 aliphatic heterocycles. The molecule has 2 heterocycles. The molecule has 1 N–H and O–H groups in total. The van der Waals surface area contributed by atoms with Crippen molar-refractivity contribution >= 4 is 23.2 Å². The molecule has 8 heteroatoms. The van der Waals surface area contributed by atoms with E-state index in [4.69, 9.17) is 9.15 Å². The van der Waals surface area contributed by atoms with Crippen molar-refractivity contribution in [2.24, 2.45) is 5.92 Å². The van der Waals surface area contributed by atoms with Gasteiger partial charge >= 0.3 is 5.97 Å². The Hall–Kier alpha value is -2.22. The van der Waals surface area contributed by atoms with Crippen LogP contribution < -0.4 is 5.32 Å². The Morgan fingerprint density at radius 2 is 2.07 bits per heavy atom. The number of esters is 1. The first-order valence-electron chi connectivity index (χ1n) is 9.21. The van der Waals surface area contributed by atoms with Gasteiger partial charge in [0.15, 0.2) is 0 Å². The van der Waals surface area contributed by atoms with E-state index in [1.165, 1.54) is 4.88 Å². The van der Waals surface area contributed by atoms with Gasteiger partial charge in [0.2, 0.25) is 11.8 Å². The summed E-state index contributed by atoms with van der Waals surface area (Å²) in [6.07, 6.45) is 1.48. The Morgan fingerprint density at radius 3 is 2.70 bits per heavy atom. The number of carbonyl (C=O) groups excluding carboxylic acids is 2. The molecule has 148 valence electrons. The van der Waals surface area contributed by atoms with Crippen molar-refractivity contribution in [3.8, 4) is 10.8 Å². The van der Waals surface area contributed by atoms with Gasteiger partial charge in [-0.05, 0) is 38.3 Å². The van der Waals surface area contributed by atoms with Gasteiger partial charge in [-0.1, -0.05) is 13.8 Å². The van der Waals surface area contributed by atoms with Gasteiger partial charge in [-0.3, -0.25) is 9.59 Å². The lowest BCUT2D eigenvalue weighted by Gasteiger charge is -2.19. The van der Waals surface area contributed by atoms with E-state index >= 15 is 0 Å². The Labute approximate surface area is 163 Å². The number of hydrogen-bond donors (Lipinski definition) is 1. The maximum atomic E-state index is 12.3. The molecular weight excluding hydrogens is 366 g/mol. The van der Waals surface area contributed by atoms with Gasteiger partial charge in [-0.15, -0.1) is 21.5 Å². The summed E-state index contributed by atoms with van der Waals surface area (Å²) in [6, 6.07) is 3.70. The van der Waals surface area contributed by atoms with Gasteiger partial charge in [-0.25, -0.2) is 0 Å². The van der Waals surface area contributed by atoms with Crippen LogP contribution in [0, 0.1) is 12.8 Å². The van der Waals surface area contributed by atoms with Crippen molar-refractivity contribution < 1.29 is 18.7 Å². The van der Waals surface area contributed by atoms with Crippen LogP contribution in [0.1, 0.15) is 50.8 Å². The lowest BCUT2D eigenvalue weighted by atomic mass is 10.0. The SMILES string of the molecule is CCOC(=O)CC(CC(C)C)NC(=O)CCc1nnc(-c2ccc(C)s2)o1. The zero-order valence-corrected chi connectivity index (χ0v) is 17.1. The highest BCUT2D eigenvalue weighted by Gasteiger charge is 2.19. The van der Waals surface area contributed by atoms with Crippen LogP contribution in [0.2, 0.25) is 0 Å². The predicted molar refractivity (Wildman–Crippen MR) is 103 cm³/mol. The fourth-order valence-corrected chi connectivity index (χ4v) is 3.50. The molecular formula is C19H27N3O4S. The smallest absolute Gasteiger partial charge is 0.307 e. The minimum absolute atomic E-state index is 0.142. The Morgan fingerprint density at radius 1 is 1.30 bits per heavy atom. The summed E-state index contributed by atoms with van der Waals surface area (Å²) in [4.78, 5) is 26.1. The molecule has 0 radical (unpaired) electrons. The summed E-state index contributed by atoms with van der Waals surface area (Å²) < 4.78 is 10.6. The van der Waals surface area contributed by atoms with Crippen LogP contribution in [0.5, 0.6) is 0 Å². The van der Waals surface area contributed by atoms with E-state index in [-0.39, 0.29) is 30.8 Å². The number of nitrogens with one attached hydrogen (secondary N) is 1. The van der Waals surface area contributed by atoms with Crippen LogP contribution in [-0.2, 0) is 20.7 Å². The highest BCUT2D eigenvalue weighted by molar-refractivity contribution is 7.15. The lowest BCUT2D eigenvalue weighted by Crippen LogP contribution is -2.38. The van der Waals surface area contributed by atoms with Gasteiger partial charge in [-0.2, -0.15) is 0 Å². The van der Waals surface area contributed by atoms with Crippen molar-refractivity contribution in [2.75, 3.05) is 6.61 Å².